The number of rotatable bonds is 5. The molecule has 27 heavy (non-hydrogen) atoms. The number of aromatic nitrogens is 1. The van der Waals surface area contributed by atoms with Crippen LogP contribution in [0.1, 0.15) is 32.3 Å². The lowest BCUT2D eigenvalue weighted by Gasteiger charge is -2.34. The number of halogens is 2. The largest absolute Gasteiger partial charge is 0.357 e. The molecule has 2 aromatic rings. The number of pyridine rings is 1. The Hall–Kier alpha value is -1.78. The van der Waals surface area contributed by atoms with Gasteiger partial charge in [-0.15, -0.1) is 0 Å². The summed E-state index contributed by atoms with van der Waals surface area (Å²) in [6, 6.07) is 11.6. The SMILES string of the molecule is CC(C)(Cc1ccccc1Cl)NC(=O)C1CCN(c2ccc(Cl)cn2)CC1. The third-order valence-electron chi connectivity index (χ3n) is 4.95. The highest BCUT2D eigenvalue weighted by Gasteiger charge is 2.29. The molecule has 1 aliphatic rings. The minimum Gasteiger partial charge on any atom is -0.357 e. The van der Waals surface area contributed by atoms with Gasteiger partial charge in [0.15, 0.2) is 0 Å². The standard InChI is InChI=1S/C21H25Cl2N3O/c1-21(2,13-16-5-3-4-6-18(16)23)25-20(27)15-9-11-26(12-10-15)19-8-7-17(22)14-24-19/h3-8,14-15H,9-13H2,1-2H3,(H,25,27). The minimum atomic E-state index is -0.350. The predicted octanol–water partition coefficient (Wildman–Crippen LogP) is 4.74. The second kappa shape index (κ2) is 8.49. The van der Waals surface area contributed by atoms with Crippen molar-refractivity contribution in [3.05, 3.63) is 58.2 Å². The van der Waals surface area contributed by atoms with Crippen molar-refractivity contribution in [3.63, 3.8) is 0 Å². The first-order valence-corrected chi connectivity index (χ1v) is 10.0. The van der Waals surface area contributed by atoms with Gasteiger partial charge in [-0.3, -0.25) is 4.79 Å². The van der Waals surface area contributed by atoms with E-state index in [0.29, 0.717) is 11.4 Å². The predicted molar refractivity (Wildman–Crippen MR) is 112 cm³/mol. The monoisotopic (exact) mass is 405 g/mol. The average molecular weight is 406 g/mol. The van der Waals surface area contributed by atoms with E-state index in [-0.39, 0.29) is 17.4 Å². The third kappa shape index (κ3) is 5.36. The first-order valence-electron chi connectivity index (χ1n) is 9.26. The molecule has 1 amide bonds. The summed E-state index contributed by atoms with van der Waals surface area (Å²) in [6.45, 7) is 5.72. The molecular formula is C21H25Cl2N3O. The molecule has 0 atom stereocenters. The van der Waals surface area contributed by atoms with Gasteiger partial charge in [0.2, 0.25) is 5.91 Å². The molecule has 1 saturated heterocycles. The molecule has 1 fully saturated rings. The van der Waals surface area contributed by atoms with Crippen molar-refractivity contribution in [2.24, 2.45) is 5.92 Å². The molecule has 1 N–H and O–H groups in total. The highest BCUT2D eigenvalue weighted by molar-refractivity contribution is 6.31. The van der Waals surface area contributed by atoms with Crippen LogP contribution in [-0.2, 0) is 11.2 Å². The van der Waals surface area contributed by atoms with Gasteiger partial charge in [-0.2, -0.15) is 0 Å². The molecule has 1 aromatic heterocycles. The maximum absolute atomic E-state index is 12.8. The molecule has 0 unspecified atom stereocenters. The zero-order valence-electron chi connectivity index (χ0n) is 15.7. The number of carbonyl (C=O) groups is 1. The van der Waals surface area contributed by atoms with E-state index >= 15 is 0 Å². The topological polar surface area (TPSA) is 45.2 Å². The van der Waals surface area contributed by atoms with Crippen molar-refractivity contribution in [3.8, 4) is 0 Å². The maximum atomic E-state index is 12.8. The fourth-order valence-corrected chi connectivity index (χ4v) is 3.84. The second-order valence-electron chi connectivity index (χ2n) is 7.74. The highest BCUT2D eigenvalue weighted by Crippen LogP contribution is 2.25. The van der Waals surface area contributed by atoms with Crippen molar-refractivity contribution in [1.29, 1.82) is 0 Å². The number of anilines is 1. The molecule has 1 aromatic carbocycles. The molecule has 4 nitrogen and oxygen atoms in total. The van der Waals surface area contributed by atoms with E-state index in [2.05, 4.69) is 15.2 Å². The number of amides is 1. The van der Waals surface area contributed by atoms with E-state index in [0.717, 1.165) is 42.3 Å². The zero-order chi connectivity index (χ0) is 19.4. The van der Waals surface area contributed by atoms with E-state index in [4.69, 9.17) is 23.2 Å². The van der Waals surface area contributed by atoms with E-state index in [1.165, 1.54) is 0 Å². The summed E-state index contributed by atoms with van der Waals surface area (Å²) < 4.78 is 0. The molecule has 1 aliphatic heterocycles. The van der Waals surface area contributed by atoms with Gasteiger partial charge < -0.3 is 10.2 Å². The second-order valence-corrected chi connectivity index (χ2v) is 8.58. The van der Waals surface area contributed by atoms with Crippen molar-refractivity contribution >= 4 is 34.9 Å². The van der Waals surface area contributed by atoms with E-state index in [9.17, 15) is 4.79 Å². The zero-order valence-corrected chi connectivity index (χ0v) is 17.2. The Balaban J connectivity index is 1.54. The summed E-state index contributed by atoms with van der Waals surface area (Å²) in [6.07, 6.45) is 4.00. The third-order valence-corrected chi connectivity index (χ3v) is 5.55. The Morgan fingerprint density at radius 3 is 2.52 bits per heavy atom. The summed E-state index contributed by atoms with van der Waals surface area (Å²) >= 11 is 12.2. The van der Waals surface area contributed by atoms with Crippen molar-refractivity contribution < 1.29 is 4.79 Å². The summed E-state index contributed by atoms with van der Waals surface area (Å²) in [7, 11) is 0. The van der Waals surface area contributed by atoms with Crippen molar-refractivity contribution in [2.45, 2.75) is 38.6 Å². The molecular weight excluding hydrogens is 381 g/mol. The van der Waals surface area contributed by atoms with Gasteiger partial charge in [0.25, 0.3) is 0 Å². The molecule has 2 heterocycles. The first kappa shape index (κ1) is 20.0. The molecule has 0 radical (unpaired) electrons. The van der Waals surface area contributed by atoms with Crippen LogP contribution in [0.2, 0.25) is 10.0 Å². The Bertz CT molecular complexity index is 784. The molecule has 0 saturated carbocycles. The van der Waals surface area contributed by atoms with Gasteiger partial charge in [0, 0.05) is 35.8 Å². The van der Waals surface area contributed by atoms with E-state index < -0.39 is 0 Å². The normalized spacial score (nSPS) is 15.6. The number of hydrogen-bond acceptors (Lipinski definition) is 3. The van der Waals surface area contributed by atoms with Gasteiger partial charge in [0.05, 0.1) is 5.02 Å². The van der Waals surface area contributed by atoms with Gasteiger partial charge in [-0.05, 0) is 56.9 Å². The van der Waals surface area contributed by atoms with Crippen LogP contribution in [0.3, 0.4) is 0 Å². The van der Waals surface area contributed by atoms with Crippen LogP contribution in [-0.4, -0.2) is 29.5 Å². The fraction of sp³-hybridized carbons (Fsp3) is 0.429. The van der Waals surface area contributed by atoms with Crippen LogP contribution in [0.4, 0.5) is 5.82 Å². The molecule has 0 spiro atoms. The Morgan fingerprint density at radius 1 is 1.19 bits per heavy atom. The number of carbonyl (C=O) groups excluding carboxylic acids is 1. The quantitative estimate of drug-likeness (QED) is 0.780. The Morgan fingerprint density at radius 2 is 1.89 bits per heavy atom. The molecule has 144 valence electrons. The fourth-order valence-electron chi connectivity index (χ4n) is 3.52. The number of nitrogens with one attached hydrogen (secondary N) is 1. The smallest absolute Gasteiger partial charge is 0.223 e. The van der Waals surface area contributed by atoms with Crippen molar-refractivity contribution in [1.82, 2.24) is 10.3 Å². The number of hydrogen-bond donors (Lipinski definition) is 1. The maximum Gasteiger partial charge on any atom is 0.223 e. The van der Waals surface area contributed by atoms with Crippen molar-refractivity contribution in [2.75, 3.05) is 18.0 Å². The molecule has 0 bridgehead atoms. The van der Waals surface area contributed by atoms with Gasteiger partial charge >= 0.3 is 0 Å². The summed E-state index contributed by atoms with van der Waals surface area (Å²) in [5, 5.41) is 4.59. The van der Waals surface area contributed by atoms with Crippen LogP contribution in [0.15, 0.2) is 42.6 Å². The van der Waals surface area contributed by atoms with Gasteiger partial charge in [-0.25, -0.2) is 4.98 Å². The van der Waals surface area contributed by atoms with Crippen LogP contribution in [0.25, 0.3) is 0 Å². The Kier molecular flexibility index (Phi) is 6.28. The van der Waals surface area contributed by atoms with E-state index in [1.54, 1.807) is 6.20 Å². The minimum absolute atomic E-state index is 0.0269. The summed E-state index contributed by atoms with van der Waals surface area (Å²) in [5.74, 6) is 1.06. The van der Waals surface area contributed by atoms with Crippen LogP contribution in [0, 0.1) is 5.92 Å². The lowest BCUT2D eigenvalue weighted by molar-refractivity contribution is -0.127. The lowest BCUT2D eigenvalue weighted by Crippen LogP contribution is -2.49. The highest BCUT2D eigenvalue weighted by atomic mass is 35.5. The van der Waals surface area contributed by atoms with E-state index in [1.807, 2.05) is 50.2 Å². The first-order chi connectivity index (χ1) is 12.8. The summed E-state index contributed by atoms with van der Waals surface area (Å²) in [5.41, 5.74) is 0.699. The molecule has 3 rings (SSSR count). The molecule has 6 heteroatoms. The molecule has 0 aliphatic carbocycles. The van der Waals surface area contributed by atoms with Gasteiger partial charge in [-0.1, -0.05) is 41.4 Å². The van der Waals surface area contributed by atoms with Crippen LogP contribution < -0.4 is 10.2 Å². The number of benzene rings is 1. The van der Waals surface area contributed by atoms with Crippen LogP contribution in [0.5, 0.6) is 0 Å². The Labute approximate surface area is 170 Å². The van der Waals surface area contributed by atoms with Gasteiger partial charge in [0.1, 0.15) is 5.82 Å². The average Bonchev–Trinajstić information content (AvgIpc) is 2.64. The number of piperidine rings is 1. The van der Waals surface area contributed by atoms with Crippen LogP contribution >= 0.6 is 23.2 Å². The summed E-state index contributed by atoms with van der Waals surface area (Å²) in [4.78, 5) is 19.4. The lowest BCUT2D eigenvalue weighted by atomic mass is 9.91. The number of nitrogens with zero attached hydrogens (tertiary/aromatic N) is 2.